The molecule has 105 heavy (non-hydrogen) atoms. The van der Waals surface area contributed by atoms with E-state index in [4.69, 9.17) is 23.6 Å². The summed E-state index contributed by atoms with van der Waals surface area (Å²) in [7, 11) is 5.04. The molecule has 3 aliphatic heterocycles. The van der Waals surface area contributed by atoms with E-state index in [1.54, 1.807) is 21.3 Å². The number of hydrogen-bond acceptors (Lipinski definition) is 7. The average molecular weight is 1400 g/mol. The van der Waals surface area contributed by atoms with Crippen molar-refractivity contribution in [3.8, 4) is 74.1 Å². The van der Waals surface area contributed by atoms with Crippen LogP contribution in [0.15, 0.2) is 266 Å². The Morgan fingerprint density at radius 3 is 1.40 bits per heavy atom. The fourth-order valence-electron chi connectivity index (χ4n) is 12.4. The Balaban J connectivity index is 0.000000168. The molecule has 0 aliphatic carbocycles. The Bertz CT molecular complexity index is 5220. The molecular weight excluding hydrogens is 1300 g/mol. The Kier molecular flexibility index (Phi) is 24.7. The number of aliphatic imine (C=N–C) groups is 3. The Labute approximate surface area is 619 Å². The van der Waals surface area contributed by atoms with Crippen molar-refractivity contribution >= 4 is 35.9 Å². The Morgan fingerprint density at radius 2 is 0.962 bits per heavy atom. The molecule has 17 nitrogen and oxygen atoms in total. The van der Waals surface area contributed by atoms with Crippen LogP contribution in [0.3, 0.4) is 0 Å². The van der Waals surface area contributed by atoms with Gasteiger partial charge in [0.05, 0.1) is 107 Å². The van der Waals surface area contributed by atoms with Crippen LogP contribution in [-0.2, 0) is 12.8 Å². The van der Waals surface area contributed by atoms with E-state index in [1.807, 2.05) is 166 Å². The topological polar surface area (TPSA) is 236 Å². The third-order valence-electron chi connectivity index (χ3n) is 18.5. The summed E-state index contributed by atoms with van der Waals surface area (Å²) < 4.78 is 22.1. The maximum Gasteiger partial charge on any atom is 1.00 e. The molecule has 3 aliphatic rings. The molecule has 11 aromatic heterocycles. The number of allylic oxidation sites excluding steroid dienone is 6. The molecule has 536 valence electrons. The van der Waals surface area contributed by atoms with Gasteiger partial charge in [0, 0.05) is 84.7 Å². The van der Waals surface area contributed by atoms with Crippen LogP contribution >= 0.6 is 0 Å². The second-order valence-corrected chi connectivity index (χ2v) is 25.4. The molecule has 14 heterocycles. The zero-order valence-corrected chi connectivity index (χ0v) is 62.2. The van der Waals surface area contributed by atoms with Gasteiger partial charge in [0.15, 0.2) is 5.76 Å². The minimum atomic E-state index is 0. The normalized spacial score (nSPS) is 13.9. The number of nitrogens with one attached hydrogen (secondary N) is 10. The van der Waals surface area contributed by atoms with Crippen molar-refractivity contribution in [2.24, 2.45) is 15.0 Å². The summed E-state index contributed by atoms with van der Waals surface area (Å²) >= 11 is 0. The summed E-state index contributed by atoms with van der Waals surface area (Å²) in [5, 5.41) is 0. The number of aryl methyl sites for hydroxylation is 5. The van der Waals surface area contributed by atoms with Gasteiger partial charge in [-0.25, -0.2) is 9.98 Å². The highest BCUT2D eigenvalue weighted by Crippen LogP contribution is 2.36. The summed E-state index contributed by atoms with van der Waals surface area (Å²) in [5.74, 6) is 4.06. The van der Waals surface area contributed by atoms with Crippen molar-refractivity contribution in [3.63, 3.8) is 0 Å². The number of ether oxygens (including phenoxy) is 3. The van der Waals surface area contributed by atoms with E-state index in [-0.39, 0.29) is 4.28 Å². The molecule has 0 saturated heterocycles. The number of aromatic amines is 10. The average Bonchev–Trinajstić information content (AvgIpc) is 1.66. The largest absolute Gasteiger partial charge is 1.00 e. The van der Waals surface area contributed by atoms with Gasteiger partial charge in [-0.3, -0.25) is 4.99 Å². The quantitative estimate of drug-likeness (QED) is 0.0428. The molecule has 0 atom stereocenters. The Morgan fingerprint density at radius 1 is 0.448 bits per heavy atom. The first-order valence-electron chi connectivity index (χ1n) is 35.6. The molecule has 13 aromatic rings. The van der Waals surface area contributed by atoms with Gasteiger partial charge >= 0.3 is 4.28 Å². The van der Waals surface area contributed by atoms with Crippen LogP contribution in [0, 0.1) is 27.7 Å². The highest BCUT2D eigenvalue weighted by Gasteiger charge is 2.22. The number of benzene rings is 2. The highest BCUT2D eigenvalue weighted by molar-refractivity contribution is 6.16. The summed E-state index contributed by atoms with van der Waals surface area (Å²) in [6, 6.07) is 50.7. The lowest BCUT2D eigenvalue weighted by molar-refractivity contribution is 0.414. The van der Waals surface area contributed by atoms with Crippen LogP contribution in [-0.4, -0.2) is 88.8 Å². The van der Waals surface area contributed by atoms with Crippen molar-refractivity contribution in [2.45, 2.75) is 94.9 Å². The van der Waals surface area contributed by atoms with E-state index in [2.05, 4.69) is 194 Å². The molecule has 0 amide bonds. The SMILES string of the molecule is CCC1=C(CC)C(=Cc2[nH]c(-c3ccc[nH]3)cc2OC)N=C1.CCc1c[nH]cc1CC.COc1cc(-c2ccc[nH]2)[nH]c1C=C1C=CC(c2ccc(C)o2)=N1.COc1cc(-c2ccc[nH]2)[nH]c1C=C1N=C(c2ccccc2)C(C)=C1C.Cc1c[nH]c(-c2ccccc2)c1C.Cc1ccc(-c2ccc[nH]2)[nH]1.[H+].[H+].[H+]. The Hall–Kier alpha value is -12.6. The van der Waals surface area contributed by atoms with Crippen LogP contribution in [0.5, 0.6) is 17.2 Å². The first-order chi connectivity index (χ1) is 51.2. The van der Waals surface area contributed by atoms with E-state index in [0.29, 0.717) is 0 Å². The van der Waals surface area contributed by atoms with E-state index in [1.165, 1.54) is 61.5 Å². The number of hydrogen-bond donors (Lipinski definition) is 10. The van der Waals surface area contributed by atoms with Crippen LogP contribution in [0.4, 0.5) is 0 Å². The summed E-state index contributed by atoms with van der Waals surface area (Å²) in [4.78, 5) is 46.6. The molecular formula is C88H98N13O4+3. The van der Waals surface area contributed by atoms with Crippen molar-refractivity contribution in [3.05, 3.63) is 309 Å². The highest BCUT2D eigenvalue weighted by atomic mass is 16.5. The van der Waals surface area contributed by atoms with Gasteiger partial charge in [0.2, 0.25) is 0 Å². The molecule has 0 spiro atoms. The second kappa shape index (κ2) is 35.3. The van der Waals surface area contributed by atoms with E-state index in [9.17, 15) is 0 Å². The standard InChI is InChI=1S/C22H21N3O.C19H17N3O2.C18H21N3O.C12H13N.C9H10N2.C8H13N/c1-14-15(2)22(16-8-5-4-6-9-16)25-18(14)12-20-21(26-3)13-19(24-20)17-10-7-11-23-17;1-12-5-8-18(24-12)15-7-6-13(21-15)10-17-19(23-2)11-16(22-17)14-4-3-9-20-14;1-4-12-11-20-15(13(12)5-2)9-17-18(22-3)10-16(21-17)14-7-6-8-19-14;1-9-8-13-12(10(9)2)11-6-4-3-5-7-11;1-7-4-5-9(11-7)8-3-2-6-10-8;1-3-7-5-9-6-8(7)4-2/h4-13,23-24H,1-3H3;3-11,20,22H,1-2H3;6-11,19,21H,4-5H2,1-3H3;3-8,13H,1-2H3;2-6,10-11H,1H3;5-6,9H,3-4H2,1-2H3/p+3. The third kappa shape index (κ3) is 18.2. The molecule has 0 saturated carbocycles. The van der Waals surface area contributed by atoms with Gasteiger partial charge in [-0.1, -0.05) is 88.4 Å². The number of aromatic nitrogens is 10. The predicted octanol–water partition coefficient (Wildman–Crippen LogP) is 22.2. The number of rotatable bonds is 17. The molecule has 0 bridgehead atoms. The lowest BCUT2D eigenvalue weighted by atomic mass is 10.0. The first-order valence-corrected chi connectivity index (χ1v) is 35.6. The third-order valence-corrected chi connectivity index (χ3v) is 18.5. The van der Waals surface area contributed by atoms with Crippen molar-refractivity contribution in [1.82, 2.24) is 49.8 Å². The van der Waals surface area contributed by atoms with Crippen LogP contribution < -0.4 is 14.2 Å². The fraction of sp³-hybridized carbons (Fsp3) is 0.193. The van der Waals surface area contributed by atoms with Gasteiger partial charge in [-0.2, -0.15) is 0 Å². The number of methoxy groups -OCH3 is 3. The second-order valence-electron chi connectivity index (χ2n) is 25.4. The van der Waals surface area contributed by atoms with Crippen LogP contribution in [0.2, 0.25) is 0 Å². The van der Waals surface area contributed by atoms with E-state index >= 15 is 0 Å². The summed E-state index contributed by atoms with van der Waals surface area (Å²) in [6.07, 6.45) is 30.1. The molecule has 0 unspecified atom stereocenters. The minimum Gasteiger partial charge on any atom is -0.494 e. The molecule has 0 fully saturated rings. The van der Waals surface area contributed by atoms with E-state index in [0.717, 1.165) is 151 Å². The zero-order chi connectivity index (χ0) is 73.8. The molecule has 10 N–H and O–H groups in total. The lowest BCUT2D eigenvalue weighted by Gasteiger charge is -2.04. The van der Waals surface area contributed by atoms with Crippen molar-refractivity contribution in [2.75, 3.05) is 21.3 Å². The smallest absolute Gasteiger partial charge is 0.494 e. The zero-order valence-electron chi connectivity index (χ0n) is 65.2. The molecule has 16 rings (SSSR count). The fourth-order valence-corrected chi connectivity index (χ4v) is 12.4. The predicted molar refractivity (Wildman–Crippen MR) is 436 cm³/mol. The summed E-state index contributed by atoms with van der Waals surface area (Å²) in [5.41, 5.74) is 31.2. The van der Waals surface area contributed by atoms with E-state index < -0.39 is 0 Å². The van der Waals surface area contributed by atoms with Crippen LogP contribution in [0.1, 0.15) is 121 Å². The summed E-state index contributed by atoms with van der Waals surface area (Å²) in [6.45, 7) is 21.2. The van der Waals surface area contributed by atoms with Gasteiger partial charge in [0.25, 0.3) is 0 Å². The minimum absolute atomic E-state index is 0. The number of furan rings is 1. The van der Waals surface area contributed by atoms with Crippen LogP contribution in [0.25, 0.3) is 75.0 Å². The van der Waals surface area contributed by atoms with Crippen molar-refractivity contribution < 1.29 is 22.9 Å². The van der Waals surface area contributed by atoms with Crippen molar-refractivity contribution in [1.29, 1.82) is 0 Å². The van der Waals surface area contributed by atoms with Gasteiger partial charge in [-0.15, -0.1) is 0 Å². The monoisotopic (exact) mass is 1400 g/mol. The number of nitrogens with zero attached hydrogens (tertiary/aromatic N) is 3. The molecule has 17 heteroatoms. The maximum absolute atomic E-state index is 5.62. The molecule has 0 radical (unpaired) electrons. The van der Waals surface area contributed by atoms with Gasteiger partial charge in [0.1, 0.15) is 28.7 Å². The number of H-pyrrole nitrogens is 10. The maximum atomic E-state index is 5.62. The lowest BCUT2D eigenvalue weighted by Crippen LogP contribution is -1.98. The van der Waals surface area contributed by atoms with Gasteiger partial charge < -0.3 is 68.5 Å². The first kappa shape index (κ1) is 73.6. The molecule has 2 aromatic carbocycles. The van der Waals surface area contributed by atoms with Gasteiger partial charge in [-0.05, 0) is 221 Å².